The van der Waals surface area contributed by atoms with Crippen molar-refractivity contribution in [2.45, 2.75) is 52.1 Å². The van der Waals surface area contributed by atoms with E-state index in [-0.39, 0.29) is 19.1 Å². The van der Waals surface area contributed by atoms with Crippen molar-refractivity contribution in [1.29, 1.82) is 0 Å². The van der Waals surface area contributed by atoms with E-state index >= 15 is 0 Å². The van der Waals surface area contributed by atoms with E-state index in [1.165, 1.54) is 0 Å². The van der Waals surface area contributed by atoms with Gasteiger partial charge in [-0.1, -0.05) is 44.2 Å². The summed E-state index contributed by atoms with van der Waals surface area (Å²) in [5.41, 5.74) is 1.69. The third-order valence-corrected chi connectivity index (χ3v) is 4.26. The monoisotopic (exact) mass is 389 g/mol. The Labute approximate surface area is 164 Å². The Morgan fingerprint density at radius 3 is 2.43 bits per heavy atom. The molecule has 2 rings (SSSR count). The van der Waals surface area contributed by atoms with Gasteiger partial charge >= 0.3 is 11.9 Å². The molecule has 1 aromatic heterocycles. The van der Waals surface area contributed by atoms with E-state index in [4.69, 9.17) is 4.74 Å². The Balaban J connectivity index is 1.98. The summed E-state index contributed by atoms with van der Waals surface area (Å²) in [6, 6.07) is 7.75. The summed E-state index contributed by atoms with van der Waals surface area (Å²) in [6.45, 7) is 4.44. The van der Waals surface area contributed by atoms with E-state index in [2.05, 4.69) is 10.3 Å². The first-order chi connectivity index (χ1) is 13.4. The second-order valence-electron chi connectivity index (χ2n) is 7.10. The highest BCUT2D eigenvalue weighted by Crippen LogP contribution is 2.10. The lowest BCUT2D eigenvalue weighted by Gasteiger charge is -2.22. The Morgan fingerprint density at radius 2 is 1.82 bits per heavy atom. The number of rotatable bonds is 12. The van der Waals surface area contributed by atoms with Crippen LogP contribution in [0.2, 0.25) is 0 Å². The average molecular weight is 389 g/mol. The van der Waals surface area contributed by atoms with Crippen LogP contribution in [0.5, 0.6) is 0 Å². The average Bonchev–Trinajstić information content (AvgIpc) is 3.08. The second kappa shape index (κ2) is 10.6. The molecule has 0 aliphatic heterocycles. The fourth-order valence-corrected chi connectivity index (χ4v) is 2.85. The Bertz CT molecular complexity index is 760. The number of nitrogens with zero attached hydrogens (tertiary/aromatic N) is 2. The van der Waals surface area contributed by atoms with Gasteiger partial charge in [0.2, 0.25) is 0 Å². The maximum absolute atomic E-state index is 11.7. The summed E-state index contributed by atoms with van der Waals surface area (Å²) >= 11 is 0. The molecule has 28 heavy (non-hydrogen) atoms. The lowest BCUT2D eigenvalue weighted by Crippen LogP contribution is -2.49. The zero-order valence-corrected chi connectivity index (χ0v) is 16.1. The van der Waals surface area contributed by atoms with Crippen molar-refractivity contribution in [2.24, 2.45) is 5.92 Å². The van der Waals surface area contributed by atoms with Crippen molar-refractivity contribution < 1.29 is 24.5 Å². The van der Waals surface area contributed by atoms with Crippen LogP contribution in [0.1, 0.15) is 31.5 Å². The highest BCUT2D eigenvalue weighted by Gasteiger charge is 2.27. The largest absolute Gasteiger partial charge is 0.480 e. The number of aromatic nitrogens is 2. The molecule has 0 amide bonds. The van der Waals surface area contributed by atoms with E-state index in [9.17, 15) is 19.8 Å². The summed E-state index contributed by atoms with van der Waals surface area (Å²) in [5, 5.41) is 21.7. The molecule has 0 radical (unpaired) electrons. The fourth-order valence-electron chi connectivity index (χ4n) is 2.85. The third kappa shape index (κ3) is 6.79. The molecule has 152 valence electrons. The van der Waals surface area contributed by atoms with Gasteiger partial charge in [0.25, 0.3) is 0 Å². The molecule has 0 saturated heterocycles. The smallest absolute Gasteiger partial charge is 0.321 e. The molecule has 0 bridgehead atoms. The molecule has 0 saturated carbocycles. The quantitative estimate of drug-likeness (QED) is 0.510. The highest BCUT2D eigenvalue weighted by molar-refractivity contribution is 5.77. The lowest BCUT2D eigenvalue weighted by atomic mass is 10.0. The van der Waals surface area contributed by atoms with E-state index in [1.807, 2.05) is 44.2 Å². The van der Waals surface area contributed by atoms with Crippen molar-refractivity contribution in [1.82, 2.24) is 14.9 Å². The SMILES string of the molecule is CC(C)CC(NC(Cc1cncn1COCc1ccccc1)C(=O)O)C(=O)O. The van der Waals surface area contributed by atoms with Crippen molar-refractivity contribution in [2.75, 3.05) is 0 Å². The molecule has 1 heterocycles. The predicted octanol–water partition coefficient (Wildman–Crippen LogP) is 2.14. The minimum atomic E-state index is -1.10. The van der Waals surface area contributed by atoms with Gasteiger partial charge in [-0.25, -0.2) is 4.98 Å². The lowest BCUT2D eigenvalue weighted by molar-refractivity contribution is -0.142. The normalized spacial score (nSPS) is 13.4. The summed E-state index contributed by atoms with van der Waals surface area (Å²) in [7, 11) is 0. The molecular formula is C20H27N3O5. The number of carboxylic acids is 2. The van der Waals surface area contributed by atoms with Crippen molar-refractivity contribution in [3.8, 4) is 0 Å². The van der Waals surface area contributed by atoms with Gasteiger partial charge in [0.05, 0.1) is 12.9 Å². The number of benzene rings is 1. The van der Waals surface area contributed by atoms with Gasteiger partial charge in [-0.3, -0.25) is 14.9 Å². The van der Waals surface area contributed by atoms with Gasteiger partial charge in [0, 0.05) is 18.3 Å². The first kappa shape index (κ1) is 21.6. The standard InChI is InChI=1S/C20H27N3O5/c1-14(2)8-17(19(24)25)22-18(20(26)27)9-16-10-21-12-23(16)13-28-11-15-6-4-3-5-7-15/h3-7,10,12,14,17-18,22H,8-9,11,13H2,1-2H3,(H,24,25)(H,26,27). The number of imidazole rings is 1. The van der Waals surface area contributed by atoms with Crippen LogP contribution in [-0.4, -0.2) is 43.8 Å². The maximum Gasteiger partial charge on any atom is 0.321 e. The van der Waals surface area contributed by atoms with Crippen LogP contribution in [0.25, 0.3) is 0 Å². The van der Waals surface area contributed by atoms with Crippen LogP contribution in [0.4, 0.5) is 0 Å². The number of ether oxygens (including phenoxy) is 1. The molecule has 0 aliphatic carbocycles. The van der Waals surface area contributed by atoms with Crippen molar-refractivity contribution in [3.63, 3.8) is 0 Å². The van der Waals surface area contributed by atoms with Gasteiger partial charge < -0.3 is 19.5 Å². The molecule has 1 aromatic carbocycles. The molecule has 2 unspecified atom stereocenters. The van der Waals surface area contributed by atoms with Gasteiger partial charge in [0.15, 0.2) is 0 Å². The summed E-state index contributed by atoms with van der Waals surface area (Å²) in [6.07, 6.45) is 3.59. The second-order valence-corrected chi connectivity index (χ2v) is 7.10. The van der Waals surface area contributed by atoms with Gasteiger partial charge in [-0.15, -0.1) is 0 Å². The van der Waals surface area contributed by atoms with Crippen LogP contribution in [-0.2, 0) is 34.1 Å². The van der Waals surface area contributed by atoms with E-state index in [0.717, 1.165) is 5.56 Å². The Morgan fingerprint density at radius 1 is 1.14 bits per heavy atom. The van der Waals surface area contributed by atoms with Gasteiger partial charge in [-0.05, 0) is 17.9 Å². The summed E-state index contributed by atoms with van der Waals surface area (Å²) < 4.78 is 7.40. The Hall–Kier alpha value is -2.71. The first-order valence-corrected chi connectivity index (χ1v) is 9.19. The molecule has 0 aliphatic rings. The molecule has 2 atom stereocenters. The minimum absolute atomic E-state index is 0.103. The van der Waals surface area contributed by atoms with E-state index in [1.54, 1.807) is 17.1 Å². The van der Waals surface area contributed by atoms with E-state index < -0.39 is 24.0 Å². The molecule has 3 N–H and O–H groups in total. The number of hydrogen-bond donors (Lipinski definition) is 3. The number of hydrogen-bond acceptors (Lipinski definition) is 5. The summed E-state index contributed by atoms with van der Waals surface area (Å²) in [4.78, 5) is 27.2. The summed E-state index contributed by atoms with van der Waals surface area (Å²) in [5.74, 6) is -2.03. The molecular weight excluding hydrogens is 362 g/mol. The number of carbonyl (C=O) groups is 2. The van der Waals surface area contributed by atoms with Crippen LogP contribution < -0.4 is 5.32 Å². The molecule has 0 fully saturated rings. The topological polar surface area (TPSA) is 114 Å². The zero-order chi connectivity index (χ0) is 20.5. The Kier molecular flexibility index (Phi) is 8.16. The number of carboxylic acid groups (broad SMARTS) is 2. The minimum Gasteiger partial charge on any atom is -0.480 e. The number of nitrogens with one attached hydrogen (secondary N) is 1. The van der Waals surface area contributed by atoms with Gasteiger partial charge in [0.1, 0.15) is 18.8 Å². The number of aliphatic carboxylic acids is 2. The highest BCUT2D eigenvalue weighted by atomic mass is 16.5. The van der Waals surface area contributed by atoms with Crippen LogP contribution in [0.15, 0.2) is 42.9 Å². The van der Waals surface area contributed by atoms with E-state index in [0.29, 0.717) is 18.7 Å². The van der Waals surface area contributed by atoms with Crippen molar-refractivity contribution >= 4 is 11.9 Å². The first-order valence-electron chi connectivity index (χ1n) is 9.19. The van der Waals surface area contributed by atoms with Crippen LogP contribution in [0.3, 0.4) is 0 Å². The van der Waals surface area contributed by atoms with Crippen LogP contribution >= 0.6 is 0 Å². The predicted molar refractivity (Wildman–Crippen MR) is 103 cm³/mol. The van der Waals surface area contributed by atoms with Crippen LogP contribution in [0, 0.1) is 5.92 Å². The molecule has 8 nitrogen and oxygen atoms in total. The van der Waals surface area contributed by atoms with Gasteiger partial charge in [-0.2, -0.15) is 0 Å². The molecule has 2 aromatic rings. The van der Waals surface area contributed by atoms with Crippen molar-refractivity contribution in [3.05, 3.63) is 54.1 Å². The maximum atomic E-state index is 11.7. The fraction of sp³-hybridized carbons (Fsp3) is 0.450. The zero-order valence-electron chi connectivity index (χ0n) is 16.1. The molecule has 0 spiro atoms. The molecule has 8 heteroatoms. The third-order valence-electron chi connectivity index (χ3n) is 4.26.